The molecule has 106 valence electrons. The zero-order valence-electron chi connectivity index (χ0n) is 11.5. The van der Waals surface area contributed by atoms with E-state index in [2.05, 4.69) is 20.7 Å². The van der Waals surface area contributed by atoms with Crippen LogP contribution in [0.25, 0.3) is 0 Å². The van der Waals surface area contributed by atoms with Gasteiger partial charge in [0.05, 0.1) is 4.88 Å². The van der Waals surface area contributed by atoms with Gasteiger partial charge >= 0.3 is 0 Å². The summed E-state index contributed by atoms with van der Waals surface area (Å²) in [6.45, 7) is 2.85. The SMILES string of the molecule is Cc1nc(NC(=O)c2ccc(C3CCCN3)s2)n(C)n1. The van der Waals surface area contributed by atoms with Crippen LogP contribution in [-0.4, -0.2) is 27.2 Å². The van der Waals surface area contributed by atoms with E-state index < -0.39 is 0 Å². The largest absolute Gasteiger partial charge is 0.309 e. The summed E-state index contributed by atoms with van der Waals surface area (Å²) in [5.74, 6) is 0.987. The fourth-order valence-electron chi connectivity index (χ4n) is 2.37. The number of carbonyl (C=O) groups is 1. The Morgan fingerprint density at radius 2 is 2.40 bits per heavy atom. The van der Waals surface area contributed by atoms with Crippen molar-refractivity contribution >= 4 is 23.2 Å². The van der Waals surface area contributed by atoms with Gasteiger partial charge in [0.2, 0.25) is 5.95 Å². The Morgan fingerprint density at radius 1 is 1.55 bits per heavy atom. The van der Waals surface area contributed by atoms with E-state index in [1.54, 1.807) is 18.7 Å². The molecule has 0 aromatic carbocycles. The number of nitrogens with one attached hydrogen (secondary N) is 2. The average molecular weight is 291 g/mol. The van der Waals surface area contributed by atoms with Gasteiger partial charge in [-0.25, -0.2) is 4.68 Å². The van der Waals surface area contributed by atoms with E-state index >= 15 is 0 Å². The maximum atomic E-state index is 12.2. The van der Waals surface area contributed by atoms with Gasteiger partial charge in [0.1, 0.15) is 5.82 Å². The number of anilines is 1. The lowest BCUT2D eigenvalue weighted by atomic mass is 10.2. The molecule has 1 amide bonds. The fraction of sp³-hybridized carbons (Fsp3) is 0.462. The predicted octanol–water partition coefficient (Wildman–Crippen LogP) is 1.86. The summed E-state index contributed by atoms with van der Waals surface area (Å²) in [7, 11) is 1.76. The number of hydrogen-bond acceptors (Lipinski definition) is 5. The third kappa shape index (κ3) is 2.59. The second-order valence-electron chi connectivity index (χ2n) is 4.91. The van der Waals surface area contributed by atoms with Crippen LogP contribution in [0.1, 0.15) is 39.3 Å². The molecule has 20 heavy (non-hydrogen) atoms. The standard InChI is InChI=1S/C13H17N5OS/c1-8-15-13(18(2)17-8)16-12(19)11-6-5-10(20-11)9-4-3-7-14-9/h5-6,9,14H,3-4,7H2,1-2H3,(H,15,16,17,19). The first-order valence-electron chi connectivity index (χ1n) is 6.65. The molecule has 2 aromatic rings. The minimum absolute atomic E-state index is 0.130. The van der Waals surface area contributed by atoms with Crippen molar-refractivity contribution in [3.63, 3.8) is 0 Å². The molecule has 2 N–H and O–H groups in total. The lowest BCUT2D eigenvalue weighted by molar-refractivity contribution is 0.102. The molecule has 2 aromatic heterocycles. The van der Waals surface area contributed by atoms with Gasteiger partial charge < -0.3 is 5.32 Å². The summed E-state index contributed by atoms with van der Waals surface area (Å²) in [6, 6.07) is 4.31. The van der Waals surface area contributed by atoms with Crippen molar-refractivity contribution in [1.29, 1.82) is 0 Å². The average Bonchev–Trinajstić information content (AvgIpc) is 3.11. The maximum absolute atomic E-state index is 12.2. The molecule has 0 aliphatic carbocycles. The maximum Gasteiger partial charge on any atom is 0.268 e. The summed E-state index contributed by atoms with van der Waals surface area (Å²) >= 11 is 1.54. The van der Waals surface area contributed by atoms with Crippen LogP contribution in [0, 0.1) is 6.92 Å². The Kier molecular flexibility index (Phi) is 3.54. The Balaban J connectivity index is 1.72. The summed E-state index contributed by atoms with van der Waals surface area (Å²) < 4.78 is 1.57. The second-order valence-corrected chi connectivity index (χ2v) is 6.03. The summed E-state index contributed by atoms with van der Waals surface area (Å²) in [6.07, 6.45) is 2.34. The number of nitrogens with zero attached hydrogens (tertiary/aromatic N) is 3. The van der Waals surface area contributed by atoms with Crippen LogP contribution in [-0.2, 0) is 7.05 Å². The van der Waals surface area contributed by atoms with Crippen molar-refractivity contribution in [2.75, 3.05) is 11.9 Å². The Hall–Kier alpha value is -1.73. The van der Waals surface area contributed by atoms with E-state index in [0.29, 0.717) is 22.7 Å². The van der Waals surface area contributed by atoms with Crippen molar-refractivity contribution in [3.05, 3.63) is 27.7 Å². The van der Waals surface area contributed by atoms with Crippen molar-refractivity contribution in [1.82, 2.24) is 20.1 Å². The minimum Gasteiger partial charge on any atom is -0.309 e. The van der Waals surface area contributed by atoms with Gasteiger partial charge in [0, 0.05) is 18.0 Å². The highest BCUT2D eigenvalue weighted by Gasteiger charge is 2.20. The molecule has 7 heteroatoms. The number of aromatic nitrogens is 3. The lowest BCUT2D eigenvalue weighted by Gasteiger charge is -2.06. The molecule has 0 saturated carbocycles. The van der Waals surface area contributed by atoms with Crippen molar-refractivity contribution in [3.8, 4) is 0 Å². The highest BCUT2D eigenvalue weighted by atomic mass is 32.1. The van der Waals surface area contributed by atoms with E-state index in [1.165, 1.54) is 22.6 Å². The molecule has 1 saturated heterocycles. The minimum atomic E-state index is -0.130. The Labute approximate surface area is 121 Å². The topological polar surface area (TPSA) is 71.8 Å². The van der Waals surface area contributed by atoms with Crippen LogP contribution < -0.4 is 10.6 Å². The first-order valence-corrected chi connectivity index (χ1v) is 7.47. The number of thiophene rings is 1. The number of aryl methyl sites for hydroxylation is 2. The van der Waals surface area contributed by atoms with Gasteiger partial charge in [-0.15, -0.1) is 11.3 Å². The fourth-order valence-corrected chi connectivity index (χ4v) is 3.39. The van der Waals surface area contributed by atoms with Crippen LogP contribution >= 0.6 is 11.3 Å². The van der Waals surface area contributed by atoms with Gasteiger partial charge in [-0.3, -0.25) is 10.1 Å². The van der Waals surface area contributed by atoms with Crippen LogP contribution in [0.2, 0.25) is 0 Å². The van der Waals surface area contributed by atoms with Crippen molar-refractivity contribution < 1.29 is 4.79 Å². The molecule has 1 unspecified atom stereocenters. The van der Waals surface area contributed by atoms with Crippen LogP contribution in [0.15, 0.2) is 12.1 Å². The first-order chi connectivity index (χ1) is 9.63. The first kappa shape index (κ1) is 13.3. The summed E-state index contributed by atoms with van der Waals surface area (Å²) in [4.78, 5) is 18.3. The highest BCUT2D eigenvalue weighted by molar-refractivity contribution is 7.14. The monoisotopic (exact) mass is 291 g/mol. The van der Waals surface area contributed by atoms with Crippen LogP contribution in [0.4, 0.5) is 5.95 Å². The zero-order valence-corrected chi connectivity index (χ0v) is 12.3. The van der Waals surface area contributed by atoms with Crippen LogP contribution in [0.5, 0.6) is 0 Å². The molecule has 1 atom stereocenters. The van der Waals surface area contributed by atoms with Gasteiger partial charge in [-0.2, -0.15) is 10.1 Å². The smallest absolute Gasteiger partial charge is 0.268 e. The highest BCUT2D eigenvalue weighted by Crippen LogP contribution is 2.29. The second kappa shape index (κ2) is 5.34. The number of hydrogen-bond donors (Lipinski definition) is 2. The molecular weight excluding hydrogens is 274 g/mol. The molecule has 1 aliphatic heterocycles. The molecule has 1 aliphatic rings. The molecule has 3 heterocycles. The number of carbonyl (C=O) groups excluding carboxylic acids is 1. The third-order valence-electron chi connectivity index (χ3n) is 3.35. The summed E-state index contributed by atoms with van der Waals surface area (Å²) in [5.41, 5.74) is 0. The van der Waals surface area contributed by atoms with Crippen LogP contribution in [0.3, 0.4) is 0 Å². The lowest BCUT2D eigenvalue weighted by Crippen LogP contribution is -2.14. The van der Waals surface area contributed by atoms with E-state index in [0.717, 1.165) is 13.0 Å². The third-order valence-corrected chi connectivity index (χ3v) is 4.55. The van der Waals surface area contributed by atoms with E-state index in [1.807, 2.05) is 12.1 Å². The molecule has 0 bridgehead atoms. The Morgan fingerprint density at radius 3 is 3.05 bits per heavy atom. The molecule has 3 rings (SSSR count). The number of amides is 1. The van der Waals surface area contributed by atoms with Gasteiger partial charge in [0.15, 0.2) is 0 Å². The van der Waals surface area contributed by atoms with E-state index in [4.69, 9.17) is 0 Å². The van der Waals surface area contributed by atoms with Crippen molar-refractivity contribution in [2.45, 2.75) is 25.8 Å². The van der Waals surface area contributed by atoms with E-state index in [-0.39, 0.29) is 5.91 Å². The van der Waals surface area contributed by atoms with Gasteiger partial charge in [-0.05, 0) is 38.4 Å². The van der Waals surface area contributed by atoms with Crippen molar-refractivity contribution in [2.24, 2.45) is 7.05 Å². The quantitative estimate of drug-likeness (QED) is 0.905. The molecule has 6 nitrogen and oxygen atoms in total. The van der Waals surface area contributed by atoms with Gasteiger partial charge in [0.25, 0.3) is 5.91 Å². The molecule has 0 spiro atoms. The Bertz CT molecular complexity index is 626. The molecule has 1 fully saturated rings. The zero-order chi connectivity index (χ0) is 14.1. The number of rotatable bonds is 3. The van der Waals surface area contributed by atoms with Gasteiger partial charge in [-0.1, -0.05) is 0 Å². The summed E-state index contributed by atoms with van der Waals surface area (Å²) in [5, 5.41) is 10.3. The van der Waals surface area contributed by atoms with E-state index in [9.17, 15) is 4.79 Å². The molecule has 0 radical (unpaired) electrons. The molecular formula is C13H17N5OS. The predicted molar refractivity (Wildman–Crippen MR) is 78.0 cm³/mol. The normalized spacial score (nSPS) is 18.4.